The fraction of sp³-hybridized carbons (Fsp3) is 0.385. The summed E-state index contributed by atoms with van der Waals surface area (Å²) in [7, 11) is 1.28. The van der Waals surface area contributed by atoms with E-state index in [-0.39, 0.29) is 22.1 Å². The normalized spacial score (nSPS) is 11.0. The summed E-state index contributed by atoms with van der Waals surface area (Å²) in [6.45, 7) is -2.25. The molecule has 0 aliphatic heterocycles. The van der Waals surface area contributed by atoms with Gasteiger partial charge in [-0.25, -0.2) is 8.78 Å². The lowest BCUT2D eigenvalue weighted by molar-refractivity contribution is -0.119. The third-order valence-corrected chi connectivity index (χ3v) is 2.94. The number of alkyl halides is 2. The molecule has 7 nitrogen and oxygen atoms in total. The van der Waals surface area contributed by atoms with Crippen LogP contribution in [0.4, 0.5) is 8.78 Å². The van der Waals surface area contributed by atoms with Gasteiger partial charge in [-0.2, -0.15) is 0 Å². The number of amides is 2. The molecule has 0 heterocycles. The van der Waals surface area contributed by atoms with E-state index in [4.69, 9.17) is 32.5 Å². The van der Waals surface area contributed by atoms with Gasteiger partial charge in [0.1, 0.15) is 0 Å². The maximum absolute atomic E-state index is 13.0. The lowest BCUT2D eigenvalue weighted by Crippen LogP contribution is -2.41. The first-order chi connectivity index (χ1) is 10.7. The number of nitrogens with two attached hydrogens (primary N) is 2. The minimum Gasteiger partial charge on any atom is -0.493 e. The summed E-state index contributed by atoms with van der Waals surface area (Å²) < 4.78 is 36.2. The van der Waals surface area contributed by atoms with Crippen LogP contribution in [-0.2, 0) is 4.79 Å². The molecule has 1 rings (SSSR count). The van der Waals surface area contributed by atoms with Gasteiger partial charge in [0, 0.05) is 5.56 Å². The second kappa shape index (κ2) is 7.93. The third kappa shape index (κ3) is 5.53. The molecule has 0 atom stereocenters. The van der Waals surface area contributed by atoms with Crippen LogP contribution < -0.4 is 26.3 Å². The van der Waals surface area contributed by atoms with Crippen molar-refractivity contribution in [3.8, 4) is 11.5 Å². The van der Waals surface area contributed by atoms with Gasteiger partial charge < -0.3 is 26.3 Å². The van der Waals surface area contributed by atoms with Crippen molar-refractivity contribution in [3.05, 3.63) is 22.7 Å². The van der Waals surface area contributed by atoms with Crippen molar-refractivity contribution in [1.82, 2.24) is 5.32 Å². The molecule has 0 aliphatic carbocycles. The summed E-state index contributed by atoms with van der Waals surface area (Å²) in [4.78, 5) is 22.6. The summed E-state index contributed by atoms with van der Waals surface area (Å²) in [5, 5.41) is 2.00. The number of methoxy groups -OCH3 is 1. The maximum Gasteiger partial charge on any atom is 0.277 e. The number of carbonyl (C=O) groups excluding carboxylic acids is 2. The average Bonchev–Trinajstić information content (AvgIpc) is 2.50. The van der Waals surface area contributed by atoms with E-state index in [1.807, 2.05) is 5.32 Å². The number of carbonyl (C=O) groups is 2. The van der Waals surface area contributed by atoms with E-state index in [1.54, 1.807) is 0 Å². The van der Waals surface area contributed by atoms with E-state index in [2.05, 4.69) is 0 Å². The highest BCUT2D eigenvalue weighted by Gasteiger charge is 2.27. The Kier molecular flexibility index (Phi) is 6.52. The van der Waals surface area contributed by atoms with E-state index >= 15 is 0 Å². The molecule has 0 aliphatic rings. The molecular formula is C13H16ClF2N3O4. The quantitative estimate of drug-likeness (QED) is 0.632. The van der Waals surface area contributed by atoms with E-state index in [1.165, 1.54) is 19.2 Å². The number of rotatable bonds is 8. The highest BCUT2D eigenvalue weighted by atomic mass is 35.5. The van der Waals surface area contributed by atoms with Gasteiger partial charge in [-0.1, -0.05) is 11.6 Å². The molecule has 128 valence electrons. The van der Waals surface area contributed by atoms with Crippen LogP contribution >= 0.6 is 11.6 Å². The lowest BCUT2D eigenvalue weighted by atomic mass is 10.1. The second-order valence-corrected chi connectivity index (χ2v) is 4.89. The summed E-state index contributed by atoms with van der Waals surface area (Å²) in [6.07, 6.45) is 0. The molecule has 1 aromatic rings. The summed E-state index contributed by atoms with van der Waals surface area (Å²) in [6, 6.07) is 2.43. The molecule has 0 aromatic heterocycles. The molecule has 23 heavy (non-hydrogen) atoms. The van der Waals surface area contributed by atoms with Crippen LogP contribution in [0.1, 0.15) is 10.4 Å². The highest BCUT2D eigenvalue weighted by Crippen LogP contribution is 2.36. The molecule has 0 spiro atoms. The zero-order chi connectivity index (χ0) is 17.6. The Hall–Kier alpha value is -2.13. The first-order valence-electron chi connectivity index (χ1n) is 6.35. The van der Waals surface area contributed by atoms with E-state index in [0.29, 0.717) is 0 Å². The molecule has 5 N–H and O–H groups in total. The smallest absolute Gasteiger partial charge is 0.277 e. The molecule has 1 aromatic carbocycles. The van der Waals surface area contributed by atoms with Gasteiger partial charge in [0.25, 0.3) is 17.7 Å². The van der Waals surface area contributed by atoms with Crippen molar-refractivity contribution in [2.45, 2.75) is 5.92 Å². The number of hydrogen-bond acceptors (Lipinski definition) is 5. The van der Waals surface area contributed by atoms with E-state index in [9.17, 15) is 18.4 Å². The molecular weight excluding hydrogens is 336 g/mol. The van der Waals surface area contributed by atoms with Crippen molar-refractivity contribution in [2.24, 2.45) is 11.5 Å². The van der Waals surface area contributed by atoms with E-state index < -0.39 is 37.4 Å². The molecule has 0 saturated heterocycles. The minimum absolute atomic E-state index is 0.0109. The van der Waals surface area contributed by atoms with Crippen LogP contribution in [0.25, 0.3) is 0 Å². The topological polar surface area (TPSA) is 117 Å². The predicted octanol–water partition coefficient (Wildman–Crippen LogP) is 0.536. The van der Waals surface area contributed by atoms with Crippen LogP contribution in [0.2, 0.25) is 5.02 Å². The van der Waals surface area contributed by atoms with Gasteiger partial charge in [-0.05, 0) is 12.1 Å². The van der Waals surface area contributed by atoms with Gasteiger partial charge in [-0.3, -0.25) is 9.59 Å². The Bertz CT molecular complexity index is 599. The second-order valence-electron chi connectivity index (χ2n) is 4.49. The van der Waals surface area contributed by atoms with Crippen molar-refractivity contribution in [1.29, 1.82) is 0 Å². The van der Waals surface area contributed by atoms with E-state index in [0.717, 1.165) is 0 Å². The van der Waals surface area contributed by atoms with Gasteiger partial charge in [0.15, 0.2) is 18.1 Å². The van der Waals surface area contributed by atoms with Gasteiger partial charge in [0.05, 0.1) is 25.2 Å². The Morgan fingerprint density at radius 3 is 2.57 bits per heavy atom. The molecule has 10 heteroatoms. The molecule has 0 unspecified atom stereocenters. The van der Waals surface area contributed by atoms with Crippen molar-refractivity contribution < 1.29 is 27.8 Å². The zero-order valence-electron chi connectivity index (χ0n) is 12.2. The number of halogens is 3. The fourth-order valence-electron chi connectivity index (χ4n) is 1.52. The van der Waals surface area contributed by atoms with Crippen molar-refractivity contribution in [3.63, 3.8) is 0 Å². The van der Waals surface area contributed by atoms with Gasteiger partial charge in [-0.15, -0.1) is 0 Å². The van der Waals surface area contributed by atoms with Crippen LogP contribution in [0.3, 0.4) is 0 Å². The highest BCUT2D eigenvalue weighted by molar-refractivity contribution is 6.32. The number of benzene rings is 1. The fourth-order valence-corrected chi connectivity index (χ4v) is 1.78. The van der Waals surface area contributed by atoms with Crippen LogP contribution in [0.5, 0.6) is 11.5 Å². The van der Waals surface area contributed by atoms with Gasteiger partial charge >= 0.3 is 0 Å². The Morgan fingerprint density at radius 1 is 1.39 bits per heavy atom. The monoisotopic (exact) mass is 351 g/mol. The molecule has 0 radical (unpaired) electrons. The van der Waals surface area contributed by atoms with Crippen molar-refractivity contribution in [2.75, 3.05) is 26.8 Å². The summed E-state index contributed by atoms with van der Waals surface area (Å²) in [5.41, 5.74) is 9.82. The van der Waals surface area contributed by atoms with Crippen LogP contribution in [0, 0.1) is 0 Å². The third-order valence-electron chi connectivity index (χ3n) is 2.66. The number of nitrogens with one attached hydrogen (secondary N) is 1. The standard InChI is InChI=1S/C13H16ClF2N3O4/c1-22-9-3-7(12(21)19-6-13(15,16)5-17)2-8(14)11(9)23-4-10(18)20/h2-3H,4-6,17H2,1H3,(H2,18,20)(H,19,21). The van der Waals surface area contributed by atoms with Crippen molar-refractivity contribution >= 4 is 23.4 Å². The minimum atomic E-state index is -3.21. The first-order valence-corrected chi connectivity index (χ1v) is 6.72. The summed E-state index contributed by atoms with van der Waals surface area (Å²) >= 11 is 5.95. The molecule has 2 amide bonds. The number of primary amides is 1. The number of ether oxygens (including phenoxy) is 2. The average molecular weight is 352 g/mol. The van der Waals surface area contributed by atoms with Crippen LogP contribution in [-0.4, -0.2) is 44.5 Å². The molecule has 0 bridgehead atoms. The zero-order valence-corrected chi connectivity index (χ0v) is 13.0. The summed E-state index contributed by atoms with van der Waals surface area (Å²) in [5.74, 6) is -4.67. The van der Waals surface area contributed by atoms with Crippen LogP contribution in [0.15, 0.2) is 12.1 Å². The molecule has 0 saturated carbocycles. The Morgan fingerprint density at radius 2 is 2.04 bits per heavy atom. The largest absolute Gasteiger partial charge is 0.493 e. The number of hydrogen-bond donors (Lipinski definition) is 3. The maximum atomic E-state index is 13.0. The lowest BCUT2D eigenvalue weighted by Gasteiger charge is -2.16. The SMILES string of the molecule is COc1cc(C(=O)NCC(F)(F)CN)cc(Cl)c1OCC(N)=O. The van der Waals surface area contributed by atoms with Gasteiger partial charge in [0.2, 0.25) is 0 Å². The Balaban J connectivity index is 2.94. The Labute approximate surface area is 135 Å². The molecule has 0 fully saturated rings. The predicted molar refractivity (Wildman–Crippen MR) is 79.0 cm³/mol. The first kappa shape index (κ1) is 18.9.